The second kappa shape index (κ2) is 10.4. The van der Waals surface area contributed by atoms with E-state index in [1.165, 1.54) is 38.4 Å². The van der Waals surface area contributed by atoms with Gasteiger partial charge in [0.2, 0.25) is 11.8 Å². The molecule has 0 saturated heterocycles. The van der Waals surface area contributed by atoms with Crippen molar-refractivity contribution in [2.45, 2.75) is 31.8 Å². The highest BCUT2D eigenvalue weighted by molar-refractivity contribution is 5.90. The minimum Gasteiger partial charge on any atom is -0.467 e. The van der Waals surface area contributed by atoms with E-state index in [0.29, 0.717) is 16.7 Å². The average Bonchev–Trinajstić information content (AvgIpc) is 2.78. The molecule has 0 spiro atoms. The number of ether oxygens (including phenoxy) is 1. The van der Waals surface area contributed by atoms with E-state index in [2.05, 4.69) is 20.6 Å². The molecule has 2 aromatic carbocycles. The van der Waals surface area contributed by atoms with Crippen molar-refractivity contribution in [3.05, 3.63) is 71.8 Å². The molecule has 1 aromatic heterocycles. The molecule has 0 radical (unpaired) electrons. The molecule has 0 aliphatic carbocycles. The van der Waals surface area contributed by atoms with Crippen molar-refractivity contribution in [3.63, 3.8) is 0 Å². The van der Waals surface area contributed by atoms with Crippen LogP contribution in [-0.4, -0.2) is 46.9 Å². The Labute approximate surface area is 184 Å². The number of nitrogens with zero attached hydrogens (tertiary/aromatic N) is 2. The van der Waals surface area contributed by atoms with Gasteiger partial charge in [-0.1, -0.05) is 30.3 Å². The van der Waals surface area contributed by atoms with Gasteiger partial charge in [0, 0.05) is 26.0 Å². The Kier molecular flexibility index (Phi) is 7.43. The Morgan fingerprint density at radius 1 is 0.969 bits per heavy atom. The van der Waals surface area contributed by atoms with Gasteiger partial charge in [0.1, 0.15) is 17.9 Å². The molecule has 0 fully saturated rings. The molecule has 0 aliphatic rings. The summed E-state index contributed by atoms with van der Waals surface area (Å²) in [6, 6.07) is 11.1. The molecule has 166 valence electrons. The van der Waals surface area contributed by atoms with Crippen molar-refractivity contribution < 1.29 is 23.5 Å². The number of nitrogens with one attached hydrogen (secondary N) is 2. The fourth-order valence-electron chi connectivity index (χ4n) is 3.25. The summed E-state index contributed by atoms with van der Waals surface area (Å²) in [6.07, 6.45) is 1.47. The van der Waals surface area contributed by atoms with Gasteiger partial charge in [0.05, 0.1) is 23.8 Å². The summed E-state index contributed by atoms with van der Waals surface area (Å²) in [5.74, 6) is -2.28. The Hall–Kier alpha value is -3.88. The third-order valence-electron chi connectivity index (χ3n) is 4.79. The molecule has 2 N–H and O–H groups in total. The van der Waals surface area contributed by atoms with Gasteiger partial charge in [-0.05, 0) is 23.8 Å². The van der Waals surface area contributed by atoms with Crippen LogP contribution in [0.3, 0.4) is 0 Å². The molecular formula is C23H23FN4O4. The predicted octanol–water partition coefficient (Wildman–Crippen LogP) is 1.72. The van der Waals surface area contributed by atoms with Crippen molar-refractivity contribution in [1.29, 1.82) is 0 Å². The maximum absolute atomic E-state index is 14.1. The lowest BCUT2D eigenvalue weighted by Crippen LogP contribution is -2.53. The minimum absolute atomic E-state index is 0.0305. The molecule has 2 atom stereocenters. The number of benzene rings is 2. The van der Waals surface area contributed by atoms with Crippen molar-refractivity contribution >= 4 is 28.8 Å². The molecule has 0 unspecified atom stereocenters. The van der Waals surface area contributed by atoms with Crippen LogP contribution in [0.5, 0.6) is 0 Å². The number of esters is 1. The van der Waals surface area contributed by atoms with Crippen LogP contribution < -0.4 is 10.6 Å². The van der Waals surface area contributed by atoms with Gasteiger partial charge < -0.3 is 15.4 Å². The van der Waals surface area contributed by atoms with Crippen LogP contribution in [0.2, 0.25) is 0 Å². The van der Waals surface area contributed by atoms with E-state index in [1.54, 1.807) is 12.1 Å². The smallest absolute Gasteiger partial charge is 0.328 e. The van der Waals surface area contributed by atoms with Gasteiger partial charge in [-0.2, -0.15) is 0 Å². The summed E-state index contributed by atoms with van der Waals surface area (Å²) < 4.78 is 18.9. The summed E-state index contributed by atoms with van der Waals surface area (Å²) >= 11 is 0. The minimum atomic E-state index is -1.08. The lowest BCUT2D eigenvalue weighted by Gasteiger charge is -2.22. The first-order valence-electron chi connectivity index (χ1n) is 9.96. The van der Waals surface area contributed by atoms with Crippen LogP contribution in [0.1, 0.15) is 18.2 Å². The summed E-state index contributed by atoms with van der Waals surface area (Å²) in [4.78, 5) is 45.7. The number of amides is 2. The second-order valence-corrected chi connectivity index (χ2v) is 7.19. The van der Waals surface area contributed by atoms with Crippen LogP contribution >= 0.6 is 0 Å². The van der Waals surface area contributed by atoms with Crippen molar-refractivity contribution in [2.75, 3.05) is 7.11 Å². The van der Waals surface area contributed by atoms with Crippen LogP contribution in [-0.2, 0) is 32.0 Å². The third kappa shape index (κ3) is 5.84. The standard InChI is InChI=1S/C23H23FN4O4/c1-14(29)26-20(11-15-7-3-4-8-17(15)24)22(30)28-21(23(31)32-2)12-16-13-25-18-9-5-6-10-19(18)27-16/h3-10,13,20-21H,11-12H2,1-2H3,(H,26,29)(H,28,30)/t20-,21+/m0/s1. The molecule has 3 aromatic rings. The normalized spacial score (nSPS) is 12.6. The van der Waals surface area contributed by atoms with Gasteiger partial charge in [0.25, 0.3) is 0 Å². The maximum Gasteiger partial charge on any atom is 0.328 e. The Morgan fingerprint density at radius 3 is 2.34 bits per heavy atom. The number of rotatable bonds is 8. The lowest BCUT2D eigenvalue weighted by molar-refractivity contribution is -0.145. The van der Waals surface area contributed by atoms with Crippen LogP contribution in [0, 0.1) is 5.82 Å². The first kappa shape index (κ1) is 22.8. The first-order chi connectivity index (χ1) is 15.4. The van der Waals surface area contributed by atoms with Crippen molar-refractivity contribution in [3.8, 4) is 0 Å². The molecule has 32 heavy (non-hydrogen) atoms. The number of methoxy groups -OCH3 is 1. The van der Waals surface area contributed by atoms with E-state index in [0.717, 1.165) is 0 Å². The van der Waals surface area contributed by atoms with E-state index >= 15 is 0 Å². The molecule has 0 bridgehead atoms. The van der Waals surface area contributed by atoms with Gasteiger partial charge in [0.15, 0.2) is 0 Å². The topological polar surface area (TPSA) is 110 Å². The first-order valence-corrected chi connectivity index (χ1v) is 9.96. The Balaban J connectivity index is 1.79. The van der Waals surface area contributed by atoms with E-state index in [1.807, 2.05) is 18.2 Å². The largest absolute Gasteiger partial charge is 0.467 e. The number of hydrogen-bond acceptors (Lipinski definition) is 6. The zero-order valence-electron chi connectivity index (χ0n) is 17.7. The van der Waals surface area contributed by atoms with Gasteiger partial charge in [-0.3, -0.25) is 14.6 Å². The van der Waals surface area contributed by atoms with Crippen LogP contribution in [0.4, 0.5) is 4.39 Å². The van der Waals surface area contributed by atoms with Crippen LogP contribution in [0.15, 0.2) is 54.7 Å². The fraction of sp³-hybridized carbons (Fsp3) is 0.261. The molecule has 3 rings (SSSR count). The number of aromatic nitrogens is 2. The van der Waals surface area contributed by atoms with E-state index < -0.39 is 35.7 Å². The number of carbonyl (C=O) groups is 3. The quantitative estimate of drug-likeness (QED) is 0.518. The number of para-hydroxylation sites is 2. The molecule has 2 amide bonds. The average molecular weight is 438 g/mol. The van der Waals surface area contributed by atoms with Crippen molar-refractivity contribution in [1.82, 2.24) is 20.6 Å². The van der Waals surface area contributed by atoms with E-state index in [4.69, 9.17) is 4.74 Å². The van der Waals surface area contributed by atoms with Crippen molar-refractivity contribution in [2.24, 2.45) is 0 Å². The number of halogens is 1. The number of fused-ring (bicyclic) bond motifs is 1. The van der Waals surface area contributed by atoms with Crippen LogP contribution in [0.25, 0.3) is 11.0 Å². The number of hydrogen-bond donors (Lipinski definition) is 2. The molecule has 9 heteroatoms. The highest BCUT2D eigenvalue weighted by Crippen LogP contribution is 2.12. The molecular weight excluding hydrogens is 415 g/mol. The summed E-state index contributed by atoms with van der Waals surface area (Å²) in [6.45, 7) is 1.25. The monoisotopic (exact) mass is 438 g/mol. The molecule has 0 saturated carbocycles. The fourth-order valence-corrected chi connectivity index (χ4v) is 3.25. The van der Waals surface area contributed by atoms with Gasteiger partial charge >= 0.3 is 5.97 Å². The third-order valence-corrected chi connectivity index (χ3v) is 4.79. The second-order valence-electron chi connectivity index (χ2n) is 7.19. The highest BCUT2D eigenvalue weighted by atomic mass is 19.1. The van der Waals surface area contributed by atoms with Gasteiger partial charge in [-0.25, -0.2) is 14.2 Å². The maximum atomic E-state index is 14.1. The summed E-state index contributed by atoms with van der Waals surface area (Å²) in [5.41, 5.74) is 2.09. The zero-order chi connectivity index (χ0) is 23.1. The Bertz CT molecular complexity index is 1140. The Morgan fingerprint density at radius 2 is 1.66 bits per heavy atom. The zero-order valence-corrected chi connectivity index (χ0v) is 17.7. The SMILES string of the molecule is COC(=O)[C@@H](Cc1cnc2ccccc2n1)NC(=O)[C@H](Cc1ccccc1F)NC(C)=O. The summed E-state index contributed by atoms with van der Waals surface area (Å²) in [5, 5.41) is 5.10. The highest BCUT2D eigenvalue weighted by Gasteiger charge is 2.28. The summed E-state index contributed by atoms with van der Waals surface area (Å²) in [7, 11) is 1.21. The van der Waals surface area contributed by atoms with E-state index in [-0.39, 0.29) is 18.4 Å². The number of carbonyl (C=O) groups excluding carboxylic acids is 3. The molecule has 0 aliphatic heterocycles. The molecule has 1 heterocycles. The lowest BCUT2D eigenvalue weighted by atomic mass is 10.0. The van der Waals surface area contributed by atoms with Gasteiger partial charge in [-0.15, -0.1) is 0 Å². The predicted molar refractivity (Wildman–Crippen MR) is 115 cm³/mol. The van der Waals surface area contributed by atoms with E-state index in [9.17, 15) is 18.8 Å². The molecule has 8 nitrogen and oxygen atoms in total.